The summed E-state index contributed by atoms with van der Waals surface area (Å²) in [4.78, 5) is 13.8. The van der Waals surface area contributed by atoms with Crippen LogP contribution in [0.5, 0.6) is 0 Å². The van der Waals surface area contributed by atoms with Crippen LogP contribution in [-0.4, -0.2) is 33.2 Å². The number of benzene rings is 3. The van der Waals surface area contributed by atoms with Crippen molar-refractivity contribution in [3.05, 3.63) is 88.4 Å². The maximum Gasteiger partial charge on any atom is 0.264 e. The summed E-state index contributed by atoms with van der Waals surface area (Å²) in [6.45, 7) is 0.0864. The van der Waals surface area contributed by atoms with Crippen molar-refractivity contribution in [2.75, 3.05) is 23.1 Å². The van der Waals surface area contributed by atoms with Crippen LogP contribution < -0.4 is 9.62 Å². The smallest absolute Gasteiger partial charge is 0.264 e. The lowest BCUT2D eigenvalue weighted by molar-refractivity contribution is -0.119. The SMILES string of the molecule is O=C(CN(c1cccc(Br)c1)S(=O)(=O)c1ccccc1)NCCSc1ccc(Cl)cc1. The van der Waals surface area contributed by atoms with E-state index >= 15 is 0 Å². The van der Waals surface area contributed by atoms with Crippen LogP contribution in [0.3, 0.4) is 0 Å². The van der Waals surface area contributed by atoms with Gasteiger partial charge in [-0.2, -0.15) is 0 Å². The fourth-order valence-electron chi connectivity index (χ4n) is 2.74. The summed E-state index contributed by atoms with van der Waals surface area (Å²) in [5.41, 5.74) is 0.406. The second-order valence-electron chi connectivity index (χ2n) is 6.46. The Morgan fingerprint density at radius 3 is 2.39 bits per heavy atom. The van der Waals surface area contributed by atoms with E-state index in [2.05, 4.69) is 21.2 Å². The van der Waals surface area contributed by atoms with Gasteiger partial charge in [-0.25, -0.2) is 8.42 Å². The minimum absolute atomic E-state index is 0.126. The molecule has 3 aromatic carbocycles. The van der Waals surface area contributed by atoms with Crippen LogP contribution in [0.15, 0.2) is 93.1 Å². The van der Waals surface area contributed by atoms with Crippen molar-refractivity contribution in [1.82, 2.24) is 5.32 Å². The minimum Gasteiger partial charge on any atom is -0.354 e. The maximum absolute atomic E-state index is 13.2. The molecule has 0 aliphatic heterocycles. The molecule has 0 fully saturated rings. The summed E-state index contributed by atoms with van der Waals surface area (Å²) in [6, 6.07) is 22.4. The zero-order valence-electron chi connectivity index (χ0n) is 16.4. The van der Waals surface area contributed by atoms with E-state index in [4.69, 9.17) is 11.6 Å². The van der Waals surface area contributed by atoms with Gasteiger partial charge in [-0.1, -0.05) is 51.8 Å². The zero-order chi connectivity index (χ0) is 22.3. The van der Waals surface area contributed by atoms with Crippen molar-refractivity contribution in [3.8, 4) is 0 Å². The van der Waals surface area contributed by atoms with E-state index in [0.717, 1.165) is 13.7 Å². The molecule has 0 saturated heterocycles. The normalized spacial score (nSPS) is 11.2. The third-order valence-electron chi connectivity index (χ3n) is 4.22. The fraction of sp³-hybridized carbons (Fsp3) is 0.136. The van der Waals surface area contributed by atoms with E-state index < -0.39 is 10.0 Å². The van der Waals surface area contributed by atoms with Gasteiger partial charge in [0.1, 0.15) is 6.54 Å². The largest absolute Gasteiger partial charge is 0.354 e. The topological polar surface area (TPSA) is 66.5 Å². The first-order chi connectivity index (χ1) is 14.9. The van der Waals surface area contributed by atoms with E-state index in [9.17, 15) is 13.2 Å². The van der Waals surface area contributed by atoms with Crippen LogP contribution in [0.4, 0.5) is 5.69 Å². The first-order valence-electron chi connectivity index (χ1n) is 9.35. The molecule has 0 bridgehead atoms. The molecule has 0 atom stereocenters. The van der Waals surface area contributed by atoms with Crippen LogP contribution in [0.1, 0.15) is 0 Å². The number of hydrogen-bond donors (Lipinski definition) is 1. The molecule has 0 unspecified atom stereocenters. The number of nitrogens with one attached hydrogen (secondary N) is 1. The molecule has 162 valence electrons. The van der Waals surface area contributed by atoms with Crippen molar-refractivity contribution < 1.29 is 13.2 Å². The number of carbonyl (C=O) groups is 1. The number of rotatable bonds is 9. The highest BCUT2D eigenvalue weighted by Gasteiger charge is 2.27. The first kappa shape index (κ1) is 23.7. The number of amides is 1. The molecule has 31 heavy (non-hydrogen) atoms. The van der Waals surface area contributed by atoms with Crippen molar-refractivity contribution in [3.63, 3.8) is 0 Å². The third kappa shape index (κ3) is 6.74. The Balaban J connectivity index is 1.68. The molecule has 1 N–H and O–H groups in total. The number of anilines is 1. The van der Waals surface area contributed by atoms with Crippen molar-refractivity contribution in [1.29, 1.82) is 0 Å². The molecule has 9 heteroatoms. The summed E-state index contributed by atoms with van der Waals surface area (Å²) >= 11 is 10.8. The number of halogens is 2. The van der Waals surface area contributed by atoms with E-state index in [1.807, 2.05) is 24.3 Å². The molecule has 0 aromatic heterocycles. The van der Waals surface area contributed by atoms with E-state index in [-0.39, 0.29) is 17.3 Å². The number of thioether (sulfide) groups is 1. The summed E-state index contributed by atoms with van der Waals surface area (Å²) in [7, 11) is -3.91. The quantitative estimate of drug-likeness (QED) is 0.300. The van der Waals surface area contributed by atoms with Crippen molar-refractivity contribution in [2.45, 2.75) is 9.79 Å². The molecule has 1 amide bonds. The Morgan fingerprint density at radius 1 is 1.00 bits per heavy atom. The fourth-order valence-corrected chi connectivity index (χ4v) is 5.46. The standard InChI is InChI=1S/C22H20BrClN2O3S2/c23-17-5-4-6-19(15-17)26(31(28,29)21-7-2-1-3-8-21)16-22(27)25-13-14-30-20-11-9-18(24)10-12-20/h1-12,15H,13-14,16H2,(H,25,27). The summed E-state index contributed by atoms with van der Waals surface area (Å²) in [5.74, 6) is 0.270. The van der Waals surface area contributed by atoms with E-state index in [1.165, 1.54) is 12.1 Å². The predicted octanol–water partition coefficient (Wildman–Crippen LogP) is 5.21. The highest BCUT2D eigenvalue weighted by molar-refractivity contribution is 9.10. The van der Waals surface area contributed by atoms with Gasteiger partial charge >= 0.3 is 0 Å². The Kier molecular flexibility index (Phi) is 8.43. The van der Waals surface area contributed by atoms with Gasteiger partial charge in [0.2, 0.25) is 5.91 Å². The van der Waals surface area contributed by atoms with Gasteiger partial charge in [-0.15, -0.1) is 11.8 Å². The van der Waals surface area contributed by atoms with E-state index in [0.29, 0.717) is 23.0 Å². The highest BCUT2D eigenvalue weighted by Crippen LogP contribution is 2.26. The molecule has 3 aromatic rings. The lowest BCUT2D eigenvalue weighted by Gasteiger charge is -2.24. The van der Waals surface area contributed by atoms with Gasteiger partial charge in [-0.05, 0) is 54.6 Å². The third-order valence-corrected chi connectivity index (χ3v) is 7.77. The van der Waals surface area contributed by atoms with Crippen molar-refractivity contribution >= 4 is 60.9 Å². The Bertz CT molecular complexity index is 1130. The summed E-state index contributed by atoms with van der Waals surface area (Å²) < 4.78 is 28.3. The average molecular weight is 540 g/mol. The van der Waals surface area contributed by atoms with Crippen molar-refractivity contribution in [2.24, 2.45) is 0 Å². The van der Waals surface area contributed by atoms with Crippen LogP contribution in [0, 0.1) is 0 Å². The average Bonchev–Trinajstić information content (AvgIpc) is 2.77. The minimum atomic E-state index is -3.91. The van der Waals surface area contributed by atoms with E-state index in [1.54, 1.807) is 54.2 Å². The number of sulfonamides is 1. The molecule has 0 saturated carbocycles. The Hall–Kier alpha value is -2.00. The first-order valence-corrected chi connectivity index (χ1v) is 12.9. The van der Waals surface area contributed by atoms with Crippen LogP contribution in [-0.2, 0) is 14.8 Å². The lowest BCUT2D eigenvalue weighted by atomic mass is 10.3. The second kappa shape index (κ2) is 11.0. The van der Waals surface area contributed by atoms with Gasteiger partial charge in [-0.3, -0.25) is 9.10 Å². The number of nitrogens with zero attached hydrogens (tertiary/aromatic N) is 1. The van der Waals surface area contributed by atoms with Gasteiger partial charge < -0.3 is 5.32 Å². The lowest BCUT2D eigenvalue weighted by Crippen LogP contribution is -2.41. The second-order valence-corrected chi connectivity index (χ2v) is 10.8. The number of carbonyl (C=O) groups excluding carboxylic acids is 1. The van der Waals surface area contributed by atoms with Gasteiger partial charge in [0.15, 0.2) is 0 Å². The predicted molar refractivity (Wildman–Crippen MR) is 130 cm³/mol. The monoisotopic (exact) mass is 538 g/mol. The molecule has 0 radical (unpaired) electrons. The van der Waals surface area contributed by atoms with Crippen LogP contribution in [0.2, 0.25) is 5.02 Å². The van der Waals surface area contributed by atoms with Gasteiger partial charge in [0, 0.05) is 26.7 Å². The molecular formula is C22H20BrClN2O3S2. The van der Waals surface area contributed by atoms with Crippen LogP contribution in [0.25, 0.3) is 0 Å². The molecule has 3 rings (SSSR count). The van der Waals surface area contributed by atoms with Gasteiger partial charge in [0.25, 0.3) is 10.0 Å². The molecule has 0 spiro atoms. The zero-order valence-corrected chi connectivity index (χ0v) is 20.3. The molecular weight excluding hydrogens is 520 g/mol. The summed E-state index contributed by atoms with van der Waals surface area (Å²) in [6.07, 6.45) is 0. The molecule has 5 nitrogen and oxygen atoms in total. The highest BCUT2D eigenvalue weighted by atomic mass is 79.9. The Morgan fingerprint density at radius 2 is 1.71 bits per heavy atom. The van der Waals surface area contributed by atoms with Crippen LogP contribution >= 0.6 is 39.3 Å². The molecule has 0 aliphatic carbocycles. The summed E-state index contributed by atoms with van der Waals surface area (Å²) in [5, 5.41) is 3.47. The molecule has 0 heterocycles. The Labute approximate surface area is 200 Å². The van der Waals surface area contributed by atoms with Gasteiger partial charge in [0.05, 0.1) is 10.6 Å². The maximum atomic E-state index is 13.2. The number of hydrogen-bond acceptors (Lipinski definition) is 4. The molecule has 0 aliphatic rings.